The third-order valence-corrected chi connectivity index (χ3v) is 7.15. The van der Waals surface area contributed by atoms with Gasteiger partial charge in [0.05, 0.1) is 25.5 Å². The first-order valence-corrected chi connectivity index (χ1v) is 11.6. The average molecular weight is 505 g/mol. The Balaban J connectivity index is 1.64. The fourth-order valence-electron chi connectivity index (χ4n) is 3.86. The van der Waals surface area contributed by atoms with Gasteiger partial charge in [-0.15, -0.1) is 0 Å². The van der Waals surface area contributed by atoms with Gasteiger partial charge in [0.15, 0.2) is 5.65 Å². The van der Waals surface area contributed by atoms with E-state index in [9.17, 15) is 9.18 Å². The highest BCUT2D eigenvalue weighted by Gasteiger charge is 2.31. The van der Waals surface area contributed by atoms with Crippen molar-refractivity contribution in [1.29, 1.82) is 0 Å². The number of hydrogen-bond donors (Lipinski definition) is 1. The SMILES string of the molecule is COc1ncc(F)cc1[C@H]1CCCN1c1ccn2ncc(C(=O)NCC(C)(C)CBr)c2n1. The van der Waals surface area contributed by atoms with Crippen LogP contribution in [0.25, 0.3) is 5.65 Å². The molecule has 4 heterocycles. The van der Waals surface area contributed by atoms with Crippen LogP contribution >= 0.6 is 15.9 Å². The Morgan fingerprint density at radius 1 is 1.41 bits per heavy atom. The number of pyridine rings is 1. The average Bonchev–Trinajstić information content (AvgIpc) is 3.44. The second-order valence-electron chi connectivity index (χ2n) is 8.70. The van der Waals surface area contributed by atoms with E-state index in [2.05, 4.69) is 50.1 Å². The molecule has 1 atom stereocenters. The molecule has 3 aromatic rings. The summed E-state index contributed by atoms with van der Waals surface area (Å²) in [5.74, 6) is 0.481. The molecule has 0 spiro atoms. The normalized spacial score (nSPS) is 16.5. The Morgan fingerprint density at radius 3 is 2.97 bits per heavy atom. The minimum Gasteiger partial charge on any atom is -0.481 e. The highest BCUT2D eigenvalue weighted by atomic mass is 79.9. The molecule has 1 aliphatic rings. The van der Waals surface area contributed by atoms with Crippen molar-refractivity contribution in [3.8, 4) is 5.88 Å². The van der Waals surface area contributed by atoms with Gasteiger partial charge < -0.3 is 15.0 Å². The molecular formula is C22H26BrFN6O2. The molecule has 8 nitrogen and oxygen atoms in total. The largest absolute Gasteiger partial charge is 0.481 e. The summed E-state index contributed by atoms with van der Waals surface area (Å²) in [6, 6.07) is 3.20. The van der Waals surface area contributed by atoms with Crippen LogP contribution in [-0.2, 0) is 0 Å². The van der Waals surface area contributed by atoms with Crippen molar-refractivity contribution in [2.45, 2.75) is 32.7 Å². The first-order valence-electron chi connectivity index (χ1n) is 10.5. The summed E-state index contributed by atoms with van der Waals surface area (Å²) in [5, 5.41) is 8.02. The zero-order valence-electron chi connectivity index (χ0n) is 18.3. The first kappa shape index (κ1) is 22.4. The number of alkyl halides is 1. The number of rotatable bonds is 7. The molecule has 170 valence electrons. The number of methoxy groups -OCH3 is 1. The zero-order chi connectivity index (χ0) is 22.9. The molecular weight excluding hydrogens is 479 g/mol. The van der Waals surface area contributed by atoms with E-state index < -0.39 is 5.82 Å². The van der Waals surface area contributed by atoms with Gasteiger partial charge in [-0.25, -0.2) is 18.9 Å². The second-order valence-corrected chi connectivity index (χ2v) is 9.26. The third kappa shape index (κ3) is 4.41. The molecule has 1 aliphatic heterocycles. The lowest BCUT2D eigenvalue weighted by Gasteiger charge is -2.27. The van der Waals surface area contributed by atoms with Crippen LogP contribution in [0, 0.1) is 11.2 Å². The van der Waals surface area contributed by atoms with Gasteiger partial charge in [-0.05, 0) is 30.4 Å². The maximum absolute atomic E-state index is 13.9. The lowest BCUT2D eigenvalue weighted by atomic mass is 9.97. The summed E-state index contributed by atoms with van der Waals surface area (Å²) in [5.41, 5.74) is 1.51. The fraction of sp³-hybridized carbons (Fsp3) is 0.455. The molecule has 0 radical (unpaired) electrons. The summed E-state index contributed by atoms with van der Waals surface area (Å²) in [4.78, 5) is 23.8. The van der Waals surface area contributed by atoms with Crippen molar-refractivity contribution in [2.75, 3.05) is 30.4 Å². The summed E-state index contributed by atoms with van der Waals surface area (Å²) >= 11 is 3.47. The predicted molar refractivity (Wildman–Crippen MR) is 123 cm³/mol. The molecule has 1 fully saturated rings. The van der Waals surface area contributed by atoms with Crippen molar-refractivity contribution in [1.82, 2.24) is 24.9 Å². The Bertz CT molecular complexity index is 1130. The number of hydrogen-bond acceptors (Lipinski definition) is 6. The van der Waals surface area contributed by atoms with Gasteiger partial charge >= 0.3 is 0 Å². The van der Waals surface area contributed by atoms with E-state index in [0.29, 0.717) is 35.0 Å². The number of halogens is 2. The van der Waals surface area contributed by atoms with Crippen LogP contribution in [0.3, 0.4) is 0 Å². The van der Waals surface area contributed by atoms with Gasteiger partial charge in [0.2, 0.25) is 5.88 Å². The van der Waals surface area contributed by atoms with Crippen molar-refractivity contribution in [3.63, 3.8) is 0 Å². The molecule has 10 heteroatoms. The first-order chi connectivity index (χ1) is 15.3. The minimum atomic E-state index is -0.405. The zero-order valence-corrected chi connectivity index (χ0v) is 19.9. The van der Waals surface area contributed by atoms with Gasteiger partial charge in [0.1, 0.15) is 17.2 Å². The van der Waals surface area contributed by atoms with Gasteiger partial charge in [-0.1, -0.05) is 29.8 Å². The van der Waals surface area contributed by atoms with Crippen LogP contribution in [0.5, 0.6) is 5.88 Å². The van der Waals surface area contributed by atoms with Crippen LogP contribution in [0.2, 0.25) is 0 Å². The summed E-state index contributed by atoms with van der Waals surface area (Å²) in [6.07, 6.45) is 6.21. The predicted octanol–water partition coefficient (Wildman–Crippen LogP) is 3.76. The molecule has 0 aliphatic carbocycles. The Kier molecular flexibility index (Phi) is 6.32. The lowest BCUT2D eigenvalue weighted by molar-refractivity contribution is 0.0941. The van der Waals surface area contributed by atoms with Gasteiger partial charge in [-0.2, -0.15) is 5.10 Å². The topological polar surface area (TPSA) is 84.6 Å². The summed E-state index contributed by atoms with van der Waals surface area (Å²) in [7, 11) is 1.53. The summed E-state index contributed by atoms with van der Waals surface area (Å²) in [6.45, 7) is 5.41. The van der Waals surface area contributed by atoms with Crippen molar-refractivity contribution in [2.24, 2.45) is 5.41 Å². The van der Waals surface area contributed by atoms with Crippen LogP contribution < -0.4 is 15.0 Å². The Hall–Kier alpha value is -2.75. The molecule has 4 rings (SSSR count). The van der Waals surface area contributed by atoms with Gasteiger partial charge in [0.25, 0.3) is 5.91 Å². The third-order valence-electron chi connectivity index (χ3n) is 5.63. The number of aromatic nitrogens is 4. The number of nitrogens with zero attached hydrogens (tertiary/aromatic N) is 5. The van der Waals surface area contributed by atoms with Crippen LogP contribution in [0.15, 0.2) is 30.7 Å². The van der Waals surface area contributed by atoms with Gasteiger partial charge in [0, 0.05) is 30.2 Å². The number of ether oxygens (including phenoxy) is 1. The molecule has 32 heavy (non-hydrogen) atoms. The Morgan fingerprint density at radius 2 is 2.22 bits per heavy atom. The quantitative estimate of drug-likeness (QED) is 0.493. The van der Waals surface area contributed by atoms with E-state index in [4.69, 9.17) is 9.72 Å². The molecule has 0 aromatic carbocycles. The molecule has 1 saturated heterocycles. The van der Waals surface area contributed by atoms with E-state index in [1.807, 2.05) is 6.07 Å². The maximum Gasteiger partial charge on any atom is 0.256 e. The van der Waals surface area contributed by atoms with E-state index >= 15 is 0 Å². The molecule has 1 N–H and O–H groups in total. The molecule has 0 unspecified atom stereocenters. The van der Waals surface area contributed by atoms with Crippen molar-refractivity contribution < 1.29 is 13.9 Å². The fourth-order valence-corrected chi connectivity index (χ4v) is 4.06. The van der Waals surface area contributed by atoms with Crippen molar-refractivity contribution >= 4 is 33.3 Å². The molecule has 3 aromatic heterocycles. The number of anilines is 1. The number of amides is 1. The monoisotopic (exact) mass is 504 g/mol. The lowest BCUT2D eigenvalue weighted by Crippen LogP contribution is -2.34. The smallest absolute Gasteiger partial charge is 0.256 e. The Labute approximate surface area is 194 Å². The minimum absolute atomic E-state index is 0.0714. The van der Waals surface area contributed by atoms with E-state index in [0.717, 1.165) is 30.9 Å². The molecule has 0 saturated carbocycles. The number of carbonyl (C=O) groups excluding carboxylic acids is 1. The second kappa shape index (κ2) is 9.01. The van der Waals surface area contributed by atoms with Crippen molar-refractivity contribution in [3.05, 3.63) is 47.7 Å². The maximum atomic E-state index is 13.9. The highest BCUT2D eigenvalue weighted by molar-refractivity contribution is 9.09. The highest BCUT2D eigenvalue weighted by Crippen LogP contribution is 2.38. The molecule has 1 amide bonds. The standard InChI is InChI=1S/C22H26BrFN6O2/c1-22(2,12-23)13-26-20(31)16-11-27-30-8-6-18(28-19(16)30)29-7-4-5-17(29)15-9-14(24)10-25-21(15)32-3/h6,8-11,17H,4-5,7,12-13H2,1-3H3,(H,26,31)/t17-/m1/s1. The number of nitrogens with one attached hydrogen (secondary N) is 1. The molecule has 0 bridgehead atoms. The van der Waals surface area contributed by atoms with Crippen LogP contribution in [0.4, 0.5) is 10.2 Å². The van der Waals surface area contributed by atoms with E-state index in [1.165, 1.54) is 19.4 Å². The number of fused-ring (bicyclic) bond motifs is 1. The van der Waals surface area contributed by atoms with Crippen LogP contribution in [-0.4, -0.2) is 51.0 Å². The van der Waals surface area contributed by atoms with Crippen LogP contribution in [0.1, 0.15) is 48.7 Å². The van der Waals surface area contributed by atoms with E-state index in [1.54, 1.807) is 10.7 Å². The number of carbonyl (C=O) groups is 1. The van der Waals surface area contributed by atoms with Gasteiger partial charge in [-0.3, -0.25) is 4.79 Å². The van der Waals surface area contributed by atoms with E-state index in [-0.39, 0.29) is 17.4 Å². The summed E-state index contributed by atoms with van der Waals surface area (Å²) < 4.78 is 20.9.